The number of benzene rings is 1. The Balaban J connectivity index is 2.11. The molecule has 0 fully saturated rings. The second kappa shape index (κ2) is 12.3. The van der Waals surface area contributed by atoms with Crippen molar-refractivity contribution in [3.8, 4) is 5.75 Å². The summed E-state index contributed by atoms with van der Waals surface area (Å²) >= 11 is 0. The van der Waals surface area contributed by atoms with Gasteiger partial charge in [-0.3, -0.25) is 4.79 Å². The molecule has 1 aromatic carbocycles. The number of aliphatic hydroxyl groups excluding tert-OH is 1. The van der Waals surface area contributed by atoms with Crippen LogP contribution in [0.4, 0.5) is 0 Å². The van der Waals surface area contributed by atoms with E-state index in [9.17, 15) is 9.59 Å². The minimum absolute atomic E-state index is 0.151. The maximum atomic E-state index is 11.5. The summed E-state index contributed by atoms with van der Waals surface area (Å²) in [4.78, 5) is 23.1. The molecule has 0 aliphatic rings. The lowest BCUT2D eigenvalue weighted by molar-refractivity contribution is -0.156. The van der Waals surface area contributed by atoms with Crippen molar-refractivity contribution >= 4 is 18.0 Å². The van der Waals surface area contributed by atoms with Crippen molar-refractivity contribution in [1.29, 1.82) is 0 Å². The molecular weight excluding hydrogens is 308 g/mol. The average Bonchev–Trinajstić information content (AvgIpc) is 2.57. The summed E-state index contributed by atoms with van der Waals surface area (Å²) < 4.78 is 4.71. The van der Waals surface area contributed by atoms with Crippen molar-refractivity contribution in [3.05, 3.63) is 35.9 Å². The van der Waals surface area contributed by atoms with Gasteiger partial charge in [0, 0.05) is 19.1 Å². The van der Waals surface area contributed by atoms with Gasteiger partial charge in [0.2, 0.25) is 0 Å². The fourth-order valence-electron chi connectivity index (χ4n) is 2.21. The Morgan fingerprint density at radius 2 is 1.50 bits per heavy atom. The first-order valence-corrected chi connectivity index (χ1v) is 8.44. The third-order valence-corrected chi connectivity index (χ3v) is 3.56. The van der Waals surface area contributed by atoms with Crippen LogP contribution in [0.3, 0.4) is 0 Å². The van der Waals surface area contributed by atoms with Crippen LogP contribution in [0.25, 0.3) is 6.08 Å². The number of hydrogen-bond donors (Lipinski definition) is 2. The highest BCUT2D eigenvalue weighted by Crippen LogP contribution is 2.11. The first kappa shape index (κ1) is 19.9. The topological polar surface area (TPSA) is 83.8 Å². The molecule has 0 radical (unpaired) electrons. The van der Waals surface area contributed by atoms with Gasteiger partial charge in [0.1, 0.15) is 5.75 Å². The van der Waals surface area contributed by atoms with Crippen LogP contribution in [0.15, 0.2) is 30.3 Å². The molecule has 0 unspecified atom stereocenters. The van der Waals surface area contributed by atoms with E-state index < -0.39 is 11.9 Å². The van der Waals surface area contributed by atoms with Gasteiger partial charge < -0.3 is 14.9 Å². The predicted octanol–water partition coefficient (Wildman–Crippen LogP) is 3.59. The van der Waals surface area contributed by atoms with Crippen molar-refractivity contribution in [1.82, 2.24) is 0 Å². The Bertz CT molecular complexity index is 519. The van der Waals surface area contributed by atoms with Crippen molar-refractivity contribution in [3.63, 3.8) is 0 Å². The second-order valence-electron chi connectivity index (χ2n) is 5.67. The number of phenolic OH excluding ortho intramolecular Hbond substituents is 1. The fraction of sp³-hybridized carbons (Fsp3) is 0.474. The summed E-state index contributed by atoms with van der Waals surface area (Å²) in [5.41, 5.74) is 0.735. The van der Waals surface area contributed by atoms with Gasteiger partial charge in [-0.1, -0.05) is 44.2 Å². The highest BCUT2D eigenvalue weighted by molar-refractivity contribution is 5.94. The van der Waals surface area contributed by atoms with Crippen LogP contribution in [0, 0.1) is 0 Å². The molecule has 5 heteroatoms. The molecule has 0 aliphatic carbocycles. The number of aliphatic hydroxyl groups is 1. The van der Waals surface area contributed by atoms with Gasteiger partial charge in [0.25, 0.3) is 0 Å². The Labute approximate surface area is 143 Å². The zero-order valence-corrected chi connectivity index (χ0v) is 13.9. The average molecular weight is 334 g/mol. The number of rotatable bonds is 11. The van der Waals surface area contributed by atoms with E-state index in [4.69, 9.17) is 14.9 Å². The molecule has 0 atom stereocenters. The van der Waals surface area contributed by atoms with E-state index in [1.807, 2.05) is 0 Å². The molecule has 0 bridgehead atoms. The number of carbonyl (C=O) groups excluding carboxylic acids is 2. The largest absolute Gasteiger partial charge is 0.508 e. The molecule has 0 saturated heterocycles. The van der Waals surface area contributed by atoms with Gasteiger partial charge in [-0.15, -0.1) is 0 Å². The summed E-state index contributed by atoms with van der Waals surface area (Å²) in [5, 5.41) is 17.8. The number of carbonyl (C=O) groups is 2. The van der Waals surface area contributed by atoms with Crippen LogP contribution >= 0.6 is 0 Å². The van der Waals surface area contributed by atoms with E-state index in [0.29, 0.717) is 6.42 Å². The summed E-state index contributed by atoms with van der Waals surface area (Å²) in [7, 11) is 0. The Morgan fingerprint density at radius 3 is 2.12 bits per heavy atom. The van der Waals surface area contributed by atoms with Gasteiger partial charge in [-0.25, -0.2) is 4.79 Å². The fourth-order valence-corrected chi connectivity index (χ4v) is 2.21. The minimum Gasteiger partial charge on any atom is -0.508 e. The Morgan fingerprint density at radius 1 is 0.917 bits per heavy atom. The SMILES string of the molecule is O=C(C=Cc1ccc(O)cc1)OC(=O)CCCCCCCCCO. The highest BCUT2D eigenvalue weighted by Gasteiger charge is 2.07. The van der Waals surface area contributed by atoms with Crippen LogP contribution in [0.1, 0.15) is 56.9 Å². The molecule has 132 valence electrons. The predicted molar refractivity (Wildman–Crippen MR) is 92.3 cm³/mol. The molecule has 0 aliphatic heterocycles. The molecule has 1 aromatic rings. The molecule has 0 heterocycles. The number of hydrogen-bond acceptors (Lipinski definition) is 5. The third kappa shape index (κ3) is 9.79. The molecule has 2 N–H and O–H groups in total. The zero-order valence-electron chi connectivity index (χ0n) is 13.9. The van der Waals surface area contributed by atoms with Gasteiger partial charge in [-0.05, 0) is 36.6 Å². The number of unbranched alkanes of at least 4 members (excludes halogenated alkanes) is 6. The lowest BCUT2D eigenvalue weighted by atomic mass is 10.1. The van der Waals surface area contributed by atoms with Crippen molar-refractivity contribution in [2.45, 2.75) is 51.4 Å². The molecule has 0 spiro atoms. The molecule has 24 heavy (non-hydrogen) atoms. The number of esters is 2. The molecule has 0 amide bonds. The maximum Gasteiger partial charge on any atom is 0.338 e. The monoisotopic (exact) mass is 334 g/mol. The highest BCUT2D eigenvalue weighted by atomic mass is 16.6. The smallest absolute Gasteiger partial charge is 0.338 e. The van der Waals surface area contributed by atoms with Crippen molar-refractivity contribution in [2.24, 2.45) is 0 Å². The van der Waals surface area contributed by atoms with Crippen LogP contribution in [-0.4, -0.2) is 28.8 Å². The van der Waals surface area contributed by atoms with Crippen LogP contribution in [0.2, 0.25) is 0 Å². The van der Waals surface area contributed by atoms with E-state index in [1.165, 1.54) is 24.3 Å². The van der Waals surface area contributed by atoms with Gasteiger partial charge >= 0.3 is 11.9 Å². The number of phenols is 1. The van der Waals surface area contributed by atoms with E-state index in [1.54, 1.807) is 12.1 Å². The molecule has 0 aromatic heterocycles. The summed E-state index contributed by atoms with van der Waals surface area (Å²) in [6, 6.07) is 6.34. The van der Waals surface area contributed by atoms with E-state index in [0.717, 1.165) is 44.1 Å². The number of ether oxygens (including phenoxy) is 1. The van der Waals surface area contributed by atoms with E-state index >= 15 is 0 Å². The molecule has 1 rings (SSSR count). The first-order valence-electron chi connectivity index (χ1n) is 8.44. The van der Waals surface area contributed by atoms with Crippen molar-refractivity contribution < 1.29 is 24.5 Å². The summed E-state index contributed by atoms with van der Waals surface area (Å²) in [6.45, 7) is 0.251. The van der Waals surface area contributed by atoms with Gasteiger partial charge in [0.05, 0.1) is 0 Å². The normalized spacial score (nSPS) is 10.9. The van der Waals surface area contributed by atoms with E-state index in [-0.39, 0.29) is 18.8 Å². The second-order valence-corrected chi connectivity index (χ2v) is 5.67. The summed E-state index contributed by atoms with van der Waals surface area (Å²) in [5.74, 6) is -1.04. The quantitative estimate of drug-likeness (QED) is 0.280. The zero-order chi connectivity index (χ0) is 17.6. The standard InChI is InChI=1S/C19H26O5/c20-15-7-5-3-1-2-4-6-8-18(22)24-19(23)14-11-16-9-12-17(21)13-10-16/h9-14,20-21H,1-8,15H2. The van der Waals surface area contributed by atoms with Gasteiger partial charge in [0.15, 0.2) is 0 Å². The van der Waals surface area contributed by atoms with E-state index in [2.05, 4.69) is 0 Å². The lowest BCUT2D eigenvalue weighted by Crippen LogP contribution is -2.09. The first-order chi connectivity index (χ1) is 11.6. The number of aromatic hydroxyl groups is 1. The molecule has 0 saturated carbocycles. The molecule has 5 nitrogen and oxygen atoms in total. The summed E-state index contributed by atoms with van der Waals surface area (Å²) in [6.07, 6.45) is 9.77. The minimum atomic E-state index is -0.683. The lowest BCUT2D eigenvalue weighted by Gasteiger charge is -2.02. The van der Waals surface area contributed by atoms with Crippen LogP contribution < -0.4 is 0 Å². The van der Waals surface area contributed by atoms with Crippen LogP contribution in [0.5, 0.6) is 5.75 Å². The third-order valence-electron chi connectivity index (χ3n) is 3.56. The Hall–Kier alpha value is -2.14. The Kier molecular flexibility index (Phi) is 10.2. The van der Waals surface area contributed by atoms with Crippen LogP contribution in [-0.2, 0) is 14.3 Å². The molecular formula is C19H26O5. The maximum absolute atomic E-state index is 11.5. The van der Waals surface area contributed by atoms with Crippen molar-refractivity contribution in [2.75, 3.05) is 6.61 Å². The van der Waals surface area contributed by atoms with Gasteiger partial charge in [-0.2, -0.15) is 0 Å².